The van der Waals surface area contributed by atoms with Crippen LogP contribution in [0.3, 0.4) is 0 Å². The van der Waals surface area contributed by atoms with Crippen LogP contribution >= 0.6 is 0 Å². The lowest BCUT2D eigenvalue weighted by molar-refractivity contribution is 0.0904. The monoisotopic (exact) mass is 209 g/mol. The molecule has 1 aromatic rings. The second kappa shape index (κ2) is 4.66. The van der Waals surface area contributed by atoms with Gasteiger partial charge in [-0.3, -0.25) is 5.10 Å². The maximum absolute atomic E-state index is 5.31. The van der Waals surface area contributed by atoms with Crippen molar-refractivity contribution < 1.29 is 4.74 Å². The molecule has 1 aliphatic rings. The smallest absolute Gasteiger partial charge is 0.148 e. The summed E-state index contributed by atoms with van der Waals surface area (Å²) in [5.41, 5.74) is 1.18. The molecule has 0 unspecified atom stereocenters. The van der Waals surface area contributed by atoms with Gasteiger partial charge in [-0.25, -0.2) is 0 Å². The second-order valence-electron chi connectivity index (χ2n) is 4.39. The quantitative estimate of drug-likeness (QED) is 0.801. The van der Waals surface area contributed by atoms with E-state index in [1.807, 2.05) is 0 Å². The molecule has 4 heteroatoms. The molecule has 15 heavy (non-hydrogen) atoms. The molecule has 1 saturated heterocycles. The molecule has 1 aromatic heterocycles. The zero-order valence-corrected chi connectivity index (χ0v) is 9.42. The van der Waals surface area contributed by atoms with Crippen molar-refractivity contribution in [2.75, 3.05) is 18.5 Å². The summed E-state index contributed by atoms with van der Waals surface area (Å²) in [6, 6.07) is 2.61. The highest BCUT2D eigenvalue weighted by molar-refractivity contribution is 5.37. The molecule has 0 aliphatic carbocycles. The number of rotatable bonds is 3. The van der Waals surface area contributed by atoms with Gasteiger partial charge in [-0.1, -0.05) is 13.8 Å². The Balaban J connectivity index is 1.91. The van der Waals surface area contributed by atoms with Crippen LogP contribution in [0.1, 0.15) is 38.3 Å². The molecule has 0 atom stereocenters. The first-order chi connectivity index (χ1) is 7.25. The van der Waals surface area contributed by atoms with Crippen molar-refractivity contribution in [1.82, 2.24) is 10.2 Å². The number of nitrogens with zero attached hydrogens (tertiary/aromatic N) is 1. The van der Waals surface area contributed by atoms with Gasteiger partial charge < -0.3 is 10.1 Å². The zero-order valence-electron chi connectivity index (χ0n) is 9.42. The van der Waals surface area contributed by atoms with Crippen molar-refractivity contribution in [3.05, 3.63) is 11.8 Å². The van der Waals surface area contributed by atoms with Gasteiger partial charge in [0.1, 0.15) is 5.82 Å². The Morgan fingerprint density at radius 2 is 2.20 bits per heavy atom. The summed E-state index contributed by atoms with van der Waals surface area (Å²) in [7, 11) is 0. The Labute approximate surface area is 90.4 Å². The number of hydrogen-bond donors (Lipinski definition) is 2. The molecule has 0 spiro atoms. The van der Waals surface area contributed by atoms with Crippen LogP contribution in [0, 0.1) is 0 Å². The lowest BCUT2D eigenvalue weighted by Crippen LogP contribution is -2.27. The van der Waals surface area contributed by atoms with Crippen molar-refractivity contribution in [3.63, 3.8) is 0 Å². The van der Waals surface area contributed by atoms with Crippen LogP contribution in [0.2, 0.25) is 0 Å². The van der Waals surface area contributed by atoms with Crippen LogP contribution in [0.25, 0.3) is 0 Å². The lowest BCUT2D eigenvalue weighted by Gasteiger charge is -2.22. The van der Waals surface area contributed by atoms with E-state index in [1.165, 1.54) is 5.69 Å². The molecule has 1 aliphatic heterocycles. The van der Waals surface area contributed by atoms with E-state index in [-0.39, 0.29) is 0 Å². The number of aromatic nitrogens is 2. The Morgan fingerprint density at radius 3 is 2.80 bits per heavy atom. The Bertz CT molecular complexity index is 303. The lowest BCUT2D eigenvalue weighted by atomic mass is 10.1. The van der Waals surface area contributed by atoms with Crippen molar-refractivity contribution >= 4 is 5.82 Å². The van der Waals surface area contributed by atoms with Gasteiger partial charge >= 0.3 is 0 Å². The highest BCUT2D eigenvalue weighted by Gasteiger charge is 2.14. The van der Waals surface area contributed by atoms with E-state index >= 15 is 0 Å². The second-order valence-corrected chi connectivity index (χ2v) is 4.39. The average Bonchev–Trinajstić information content (AvgIpc) is 2.68. The van der Waals surface area contributed by atoms with Crippen LogP contribution in [0.5, 0.6) is 0 Å². The fourth-order valence-corrected chi connectivity index (χ4v) is 1.76. The van der Waals surface area contributed by atoms with Gasteiger partial charge in [0.05, 0.1) is 0 Å². The van der Waals surface area contributed by atoms with E-state index in [2.05, 4.69) is 35.4 Å². The van der Waals surface area contributed by atoms with Crippen molar-refractivity contribution in [3.8, 4) is 0 Å². The third kappa shape index (κ3) is 2.72. The molecule has 4 nitrogen and oxygen atoms in total. The standard InChI is InChI=1S/C11H19N3O/c1-8(2)10-7-11(14-13-10)12-9-3-5-15-6-4-9/h7-9H,3-6H2,1-2H3,(H2,12,13,14). The summed E-state index contributed by atoms with van der Waals surface area (Å²) in [6.07, 6.45) is 2.15. The topological polar surface area (TPSA) is 49.9 Å². The van der Waals surface area contributed by atoms with Gasteiger partial charge in [-0.05, 0) is 18.8 Å². The van der Waals surface area contributed by atoms with Gasteiger partial charge in [0, 0.05) is 31.0 Å². The first kappa shape index (κ1) is 10.5. The number of H-pyrrole nitrogens is 1. The molecule has 0 saturated carbocycles. The number of ether oxygens (including phenoxy) is 1. The van der Waals surface area contributed by atoms with E-state index in [4.69, 9.17) is 4.74 Å². The van der Waals surface area contributed by atoms with Crippen LogP contribution < -0.4 is 5.32 Å². The number of aromatic amines is 1. The zero-order chi connectivity index (χ0) is 10.7. The van der Waals surface area contributed by atoms with Crippen molar-refractivity contribution in [2.24, 2.45) is 0 Å². The SMILES string of the molecule is CC(C)c1cc(NC2CCOCC2)n[nH]1. The summed E-state index contributed by atoms with van der Waals surface area (Å²) in [4.78, 5) is 0. The van der Waals surface area contributed by atoms with E-state index < -0.39 is 0 Å². The van der Waals surface area contributed by atoms with Gasteiger partial charge in [-0.2, -0.15) is 5.10 Å². The minimum atomic E-state index is 0.503. The van der Waals surface area contributed by atoms with Crippen LogP contribution in [0.4, 0.5) is 5.82 Å². The van der Waals surface area contributed by atoms with Crippen LogP contribution in [-0.2, 0) is 4.74 Å². The molecule has 84 valence electrons. The summed E-state index contributed by atoms with van der Waals surface area (Å²) in [5, 5.41) is 10.7. The summed E-state index contributed by atoms with van der Waals surface area (Å²) < 4.78 is 5.31. The van der Waals surface area contributed by atoms with Gasteiger partial charge in [-0.15, -0.1) is 0 Å². The van der Waals surface area contributed by atoms with E-state index in [9.17, 15) is 0 Å². The highest BCUT2D eigenvalue weighted by atomic mass is 16.5. The summed E-state index contributed by atoms with van der Waals surface area (Å²) >= 11 is 0. The maximum Gasteiger partial charge on any atom is 0.148 e. The van der Waals surface area contributed by atoms with Gasteiger partial charge in [0.2, 0.25) is 0 Å². The maximum atomic E-state index is 5.31. The summed E-state index contributed by atoms with van der Waals surface area (Å²) in [5.74, 6) is 1.47. The fourth-order valence-electron chi connectivity index (χ4n) is 1.76. The third-order valence-corrected chi connectivity index (χ3v) is 2.79. The first-order valence-electron chi connectivity index (χ1n) is 5.65. The Kier molecular flexibility index (Phi) is 3.26. The van der Waals surface area contributed by atoms with E-state index in [0.29, 0.717) is 12.0 Å². The van der Waals surface area contributed by atoms with Crippen molar-refractivity contribution in [1.29, 1.82) is 0 Å². The molecule has 0 aromatic carbocycles. The fraction of sp³-hybridized carbons (Fsp3) is 0.727. The normalized spacial score (nSPS) is 18.3. The third-order valence-electron chi connectivity index (χ3n) is 2.79. The molecule has 2 N–H and O–H groups in total. The van der Waals surface area contributed by atoms with E-state index in [1.54, 1.807) is 0 Å². The first-order valence-corrected chi connectivity index (χ1v) is 5.65. The highest BCUT2D eigenvalue weighted by Crippen LogP contribution is 2.17. The average molecular weight is 209 g/mol. The Hall–Kier alpha value is -1.03. The molecule has 2 heterocycles. The molecule has 0 bridgehead atoms. The van der Waals surface area contributed by atoms with Crippen molar-refractivity contribution in [2.45, 2.75) is 38.6 Å². The largest absolute Gasteiger partial charge is 0.381 e. The molecule has 2 rings (SSSR count). The van der Waals surface area contributed by atoms with Gasteiger partial charge in [0.15, 0.2) is 0 Å². The predicted octanol–water partition coefficient (Wildman–Crippen LogP) is 2.12. The molecule has 0 radical (unpaired) electrons. The number of hydrogen-bond acceptors (Lipinski definition) is 3. The number of anilines is 1. The summed E-state index contributed by atoms with van der Waals surface area (Å²) in [6.45, 7) is 6.04. The number of nitrogens with one attached hydrogen (secondary N) is 2. The molecule has 0 amide bonds. The minimum absolute atomic E-state index is 0.503. The predicted molar refractivity (Wildman–Crippen MR) is 60.1 cm³/mol. The van der Waals surface area contributed by atoms with Crippen LogP contribution in [0.15, 0.2) is 6.07 Å². The van der Waals surface area contributed by atoms with E-state index in [0.717, 1.165) is 31.9 Å². The molecular formula is C11H19N3O. The minimum Gasteiger partial charge on any atom is -0.381 e. The van der Waals surface area contributed by atoms with Crippen LogP contribution in [-0.4, -0.2) is 29.5 Å². The Morgan fingerprint density at radius 1 is 1.47 bits per heavy atom. The molecular weight excluding hydrogens is 190 g/mol. The van der Waals surface area contributed by atoms with Gasteiger partial charge in [0.25, 0.3) is 0 Å². The molecule has 1 fully saturated rings.